The standard InChI is InChI=1S/C18H18N2O2S2/c1-4-14-16(12-7-9-13(22-3)10-8-12)20(2)18(24-14)19-17(21)15-6-5-11-23-15/h5-11H,4H2,1-3H3. The second kappa shape index (κ2) is 7.15. The maximum atomic E-state index is 12.3. The van der Waals surface area contributed by atoms with Crippen molar-refractivity contribution in [1.29, 1.82) is 0 Å². The van der Waals surface area contributed by atoms with Gasteiger partial charge in [-0.15, -0.1) is 22.7 Å². The van der Waals surface area contributed by atoms with Crippen molar-refractivity contribution in [3.8, 4) is 17.0 Å². The van der Waals surface area contributed by atoms with Crippen molar-refractivity contribution < 1.29 is 9.53 Å². The van der Waals surface area contributed by atoms with E-state index in [1.165, 1.54) is 16.2 Å². The topological polar surface area (TPSA) is 43.6 Å². The number of hydrogen-bond acceptors (Lipinski definition) is 4. The highest BCUT2D eigenvalue weighted by Crippen LogP contribution is 2.27. The highest BCUT2D eigenvalue weighted by atomic mass is 32.1. The number of hydrogen-bond donors (Lipinski definition) is 0. The number of rotatable bonds is 4. The fraction of sp³-hybridized carbons (Fsp3) is 0.222. The minimum atomic E-state index is -0.189. The minimum absolute atomic E-state index is 0.189. The minimum Gasteiger partial charge on any atom is -0.497 e. The Bertz CT molecular complexity index is 904. The van der Waals surface area contributed by atoms with Gasteiger partial charge in [-0.2, -0.15) is 4.99 Å². The first-order chi connectivity index (χ1) is 11.6. The quantitative estimate of drug-likeness (QED) is 0.704. The van der Waals surface area contributed by atoms with Gasteiger partial charge in [-0.1, -0.05) is 13.0 Å². The van der Waals surface area contributed by atoms with E-state index in [4.69, 9.17) is 4.74 Å². The molecule has 4 nitrogen and oxygen atoms in total. The lowest BCUT2D eigenvalue weighted by Gasteiger charge is -2.07. The predicted octanol–water partition coefficient (Wildman–Crippen LogP) is 4.13. The van der Waals surface area contributed by atoms with Gasteiger partial charge in [0.15, 0.2) is 4.80 Å². The number of nitrogens with zero attached hydrogens (tertiary/aromatic N) is 2. The number of methoxy groups -OCH3 is 1. The van der Waals surface area contributed by atoms with Crippen LogP contribution in [0, 0.1) is 0 Å². The summed E-state index contributed by atoms with van der Waals surface area (Å²) in [5.74, 6) is 0.637. The number of benzene rings is 1. The van der Waals surface area contributed by atoms with E-state index in [1.54, 1.807) is 24.5 Å². The first kappa shape index (κ1) is 16.7. The molecule has 0 N–H and O–H groups in total. The van der Waals surface area contributed by atoms with Crippen LogP contribution in [-0.2, 0) is 13.5 Å². The molecule has 0 spiro atoms. The van der Waals surface area contributed by atoms with Gasteiger partial charge < -0.3 is 9.30 Å². The molecule has 1 amide bonds. The van der Waals surface area contributed by atoms with Gasteiger partial charge in [-0.25, -0.2) is 0 Å². The Labute approximate surface area is 148 Å². The van der Waals surface area contributed by atoms with Crippen LogP contribution in [-0.4, -0.2) is 17.6 Å². The highest BCUT2D eigenvalue weighted by molar-refractivity contribution is 7.12. The average Bonchev–Trinajstić information content (AvgIpc) is 3.24. The van der Waals surface area contributed by atoms with Crippen LogP contribution in [0.2, 0.25) is 0 Å². The molecule has 2 aromatic heterocycles. The van der Waals surface area contributed by atoms with Crippen LogP contribution >= 0.6 is 22.7 Å². The smallest absolute Gasteiger partial charge is 0.289 e. The lowest BCUT2D eigenvalue weighted by atomic mass is 10.1. The SMILES string of the molecule is CCc1sc(=NC(=O)c2cccs2)n(C)c1-c1ccc(OC)cc1. The number of thiazole rings is 1. The van der Waals surface area contributed by atoms with Gasteiger partial charge in [-0.05, 0) is 47.7 Å². The van der Waals surface area contributed by atoms with Gasteiger partial charge in [0, 0.05) is 11.9 Å². The average molecular weight is 358 g/mol. The summed E-state index contributed by atoms with van der Waals surface area (Å²) < 4.78 is 7.22. The molecule has 0 saturated heterocycles. The first-order valence-electron chi connectivity index (χ1n) is 7.59. The molecule has 0 atom stereocenters. The van der Waals surface area contributed by atoms with Crippen LogP contribution in [0.15, 0.2) is 46.8 Å². The van der Waals surface area contributed by atoms with Gasteiger partial charge in [0.05, 0.1) is 17.7 Å². The summed E-state index contributed by atoms with van der Waals surface area (Å²) in [6, 6.07) is 11.6. The van der Waals surface area contributed by atoms with Crippen molar-refractivity contribution in [2.24, 2.45) is 12.0 Å². The number of amides is 1. The number of carbonyl (C=O) groups excluding carboxylic acids is 1. The Hall–Kier alpha value is -2.18. The summed E-state index contributed by atoms with van der Waals surface area (Å²) in [6.07, 6.45) is 0.891. The first-order valence-corrected chi connectivity index (χ1v) is 9.29. The van der Waals surface area contributed by atoms with E-state index in [1.807, 2.05) is 47.3 Å². The Morgan fingerprint density at radius 1 is 1.25 bits per heavy atom. The highest BCUT2D eigenvalue weighted by Gasteiger charge is 2.13. The van der Waals surface area contributed by atoms with E-state index in [0.717, 1.165) is 28.2 Å². The van der Waals surface area contributed by atoms with Gasteiger partial charge in [0.1, 0.15) is 5.75 Å². The zero-order valence-electron chi connectivity index (χ0n) is 13.8. The molecule has 0 aliphatic heterocycles. The molecule has 0 bridgehead atoms. The molecule has 0 aliphatic rings. The molecule has 0 aliphatic carbocycles. The largest absolute Gasteiger partial charge is 0.497 e. The predicted molar refractivity (Wildman–Crippen MR) is 98.9 cm³/mol. The molecule has 0 saturated carbocycles. The van der Waals surface area contributed by atoms with Gasteiger partial charge in [0.2, 0.25) is 0 Å². The maximum Gasteiger partial charge on any atom is 0.289 e. The van der Waals surface area contributed by atoms with E-state index in [0.29, 0.717) is 4.88 Å². The second-order valence-electron chi connectivity index (χ2n) is 5.19. The van der Waals surface area contributed by atoms with Gasteiger partial charge in [-0.3, -0.25) is 4.79 Å². The summed E-state index contributed by atoms with van der Waals surface area (Å²) in [5, 5.41) is 1.89. The molecule has 1 aromatic carbocycles. The number of ether oxygens (including phenoxy) is 1. The molecule has 3 rings (SSSR count). The van der Waals surface area contributed by atoms with Crippen molar-refractivity contribution in [3.63, 3.8) is 0 Å². The van der Waals surface area contributed by atoms with E-state index >= 15 is 0 Å². The summed E-state index contributed by atoms with van der Waals surface area (Å²) >= 11 is 2.98. The van der Waals surface area contributed by atoms with Crippen LogP contribution in [0.4, 0.5) is 0 Å². The van der Waals surface area contributed by atoms with Gasteiger partial charge >= 0.3 is 0 Å². The Morgan fingerprint density at radius 3 is 2.58 bits per heavy atom. The molecule has 124 valence electrons. The summed E-state index contributed by atoms with van der Waals surface area (Å²) in [5.41, 5.74) is 2.19. The normalized spacial score (nSPS) is 11.7. The van der Waals surface area contributed by atoms with Crippen molar-refractivity contribution in [3.05, 3.63) is 56.3 Å². The Morgan fingerprint density at radius 2 is 2.00 bits per heavy atom. The molecule has 3 aromatic rings. The van der Waals surface area contributed by atoms with Crippen LogP contribution < -0.4 is 9.54 Å². The number of aryl methyl sites for hydroxylation is 1. The molecular weight excluding hydrogens is 340 g/mol. The Kier molecular flexibility index (Phi) is 4.97. The van der Waals surface area contributed by atoms with Crippen molar-refractivity contribution in [2.75, 3.05) is 7.11 Å². The molecule has 0 unspecified atom stereocenters. The van der Waals surface area contributed by atoms with Crippen molar-refractivity contribution in [2.45, 2.75) is 13.3 Å². The monoisotopic (exact) mass is 358 g/mol. The number of carbonyl (C=O) groups is 1. The molecule has 24 heavy (non-hydrogen) atoms. The molecule has 0 fully saturated rings. The second-order valence-corrected chi connectivity index (χ2v) is 7.20. The van der Waals surface area contributed by atoms with E-state index in [2.05, 4.69) is 11.9 Å². The summed E-state index contributed by atoms with van der Waals surface area (Å²) in [4.78, 5) is 19.2. The number of aromatic nitrogens is 1. The lowest BCUT2D eigenvalue weighted by molar-refractivity contribution is 0.100. The van der Waals surface area contributed by atoms with Crippen molar-refractivity contribution in [1.82, 2.24) is 4.57 Å². The fourth-order valence-electron chi connectivity index (χ4n) is 2.49. The van der Waals surface area contributed by atoms with Crippen LogP contribution in [0.5, 0.6) is 5.75 Å². The van der Waals surface area contributed by atoms with Crippen molar-refractivity contribution >= 4 is 28.6 Å². The molecule has 0 radical (unpaired) electrons. The molecule has 6 heteroatoms. The summed E-state index contributed by atoms with van der Waals surface area (Å²) in [6.45, 7) is 2.11. The Balaban J connectivity index is 2.07. The van der Waals surface area contributed by atoms with Crippen LogP contribution in [0.3, 0.4) is 0 Å². The van der Waals surface area contributed by atoms with E-state index < -0.39 is 0 Å². The maximum absolute atomic E-state index is 12.3. The van der Waals surface area contributed by atoms with E-state index in [-0.39, 0.29) is 5.91 Å². The summed E-state index contributed by atoms with van der Waals surface area (Å²) in [7, 11) is 3.61. The zero-order chi connectivity index (χ0) is 17.1. The van der Waals surface area contributed by atoms with Crippen LogP contribution in [0.1, 0.15) is 21.5 Å². The number of thiophene rings is 1. The van der Waals surface area contributed by atoms with Crippen LogP contribution in [0.25, 0.3) is 11.3 Å². The third kappa shape index (κ3) is 3.20. The lowest BCUT2D eigenvalue weighted by Crippen LogP contribution is -2.14. The fourth-order valence-corrected chi connectivity index (χ4v) is 4.17. The molecular formula is C18H18N2O2S2. The van der Waals surface area contributed by atoms with Gasteiger partial charge in [0.25, 0.3) is 5.91 Å². The zero-order valence-corrected chi connectivity index (χ0v) is 15.4. The third-order valence-corrected chi connectivity index (χ3v) is 5.85. The third-order valence-electron chi connectivity index (χ3n) is 3.71. The molecule has 2 heterocycles. The van der Waals surface area contributed by atoms with E-state index in [9.17, 15) is 4.79 Å².